The van der Waals surface area contributed by atoms with Crippen LogP contribution in [0.25, 0.3) is 11.0 Å². The summed E-state index contributed by atoms with van der Waals surface area (Å²) in [6.45, 7) is 1.79. The number of amides is 3. The van der Waals surface area contributed by atoms with Crippen LogP contribution < -0.4 is 10.6 Å². The summed E-state index contributed by atoms with van der Waals surface area (Å²) in [5.41, 5.74) is 2.02. The first kappa shape index (κ1) is 16.7. The number of anilines is 1. The Morgan fingerprint density at radius 3 is 2.92 bits per heavy atom. The van der Waals surface area contributed by atoms with Gasteiger partial charge in [0, 0.05) is 12.4 Å². The van der Waals surface area contributed by atoms with Gasteiger partial charge < -0.3 is 15.0 Å². The molecule has 3 heterocycles. The molecule has 0 fully saturated rings. The van der Waals surface area contributed by atoms with Crippen LogP contribution in [0.4, 0.5) is 9.80 Å². The van der Waals surface area contributed by atoms with Crippen molar-refractivity contribution in [2.24, 2.45) is 0 Å². The number of nitrogens with one attached hydrogen (secondary N) is 3. The van der Waals surface area contributed by atoms with E-state index in [9.17, 15) is 14.4 Å². The Kier molecular flexibility index (Phi) is 4.75. The number of carbonyl (C=O) groups is 3. The van der Waals surface area contributed by atoms with Gasteiger partial charge in [-0.25, -0.2) is 4.79 Å². The van der Waals surface area contributed by atoms with E-state index in [2.05, 4.69) is 25.3 Å². The highest BCUT2D eigenvalue weighted by Gasteiger charge is 2.18. The summed E-state index contributed by atoms with van der Waals surface area (Å²) < 4.78 is 4.67. The number of rotatable bonds is 4. The highest BCUT2D eigenvalue weighted by molar-refractivity contribution is 7.14. The van der Waals surface area contributed by atoms with Crippen LogP contribution in [0.3, 0.4) is 0 Å². The molecule has 0 saturated carbocycles. The lowest BCUT2D eigenvalue weighted by atomic mass is 10.2. The van der Waals surface area contributed by atoms with Crippen LogP contribution in [0, 0.1) is 0 Å². The molecular weight excluding hydrogens is 344 g/mol. The number of alkyl carbamates (subject to hydrolysis) is 1. The maximum absolute atomic E-state index is 12.4. The maximum atomic E-state index is 12.4. The maximum Gasteiger partial charge on any atom is 0.414 e. The van der Waals surface area contributed by atoms with Crippen molar-refractivity contribution in [2.45, 2.75) is 6.92 Å². The Labute approximate surface area is 146 Å². The van der Waals surface area contributed by atoms with Gasteiger partial charge >= 0.3 is 6.09 Å². The molecule has 0 bridgehead atoms. The summed E-state index contributed by atoms with van der Waals surface area (Å²) in [7, 11) is 0. The molecule has 9 heteroatoms. The second-order valence-corrected chi connectivity index (χ2v) is 5.84. The van der Waals surface area contributed by atoms with E-state index >= 15 is 0 Å². The fraction of sp³-hybridized carbons (Fsp3) is 0.125. The lowest BCUT2D eigenvalue weighted by molar-refractivity contribution is 0.0926. The van der Waals surface area contributed by atoms with E-state index in [1.54, 1.807) is 30.6 Å². The number of imide groups is 1. The Morgan fingerprint density at radius 2 is 2.12 bits per heavy atom. The minimum absolute atomic E-state index is 0.153. The molecule has 8 nitrogen and oxygen atoms in total. The van der Waals surface area contributed by atoms with Crippen molar-refractivity contribution in [2.75, 3.05) is 11.9 Å². The zero-order valence-corrected chi connectivity index (χ0v) is 14.0. The normalized spacial score (nSPS) is 10.4. The van der Waals surface area contributed by atoms with Crippen LogP contribution in [0.15, 0.2) is 36.0 Å². The first-order valence-corrected chi connectivity index (χ1v) is 8.26. The SMILES string of the molecule is CCOC(=O)NC(=O)c1ccsc1NC(=O)c1cnc2cc[nH]c2c1. The van der Waals surface area contributed by atoms with E-state index in [0.29, 0.717) is 10.6 Å². The van der Waals surface area contributed by atoms with Gasteiger partial charge in [-0.05, 0) is 30.5 Å². The highest BCUT2D eigenvalue weighted by atomic mass is 32.1. The number of aromatic amines is 1. The molecular formula is C16H14N4O4S. The van der Waals surface area contributed by atoms with Crippen molar-refractivity contribution >= 4 is 45.3 Å². The van der Waals surface area contributed by atoms with Crippen molar-refractivity contribution in [3.63, 3.8) is 0 Å². The number of ether oxygens (including phenoxy) is 1. The third kappa shape index (κ3) is 3.66. The number of H-pyrrole nitrogens is 1. The largest absolute Gasteiger partial charge is 0.450 e. The Hall–Kier alpha value is -3.20. The summed E-state index contributed by atoms with van der Waals surface area (Å²) in [6.07, 6.45) is 2.35. The molecule has 3 amide bonds. The molecule has 128 valence electrons. The first-order valence-electron chi connectivity index (χ1n) is 7.38. The van der Waals surface area contributed by atoms with Crippen molar-refractivity contribution < 1.29 is 19.1 Å². The van der Waals surface area contributed by atoms with Gasteiger partial charge in [0.25, 0.3) is 11.8 Å². The zero-order chi connectivity index (χ0) is 17.8. The molecule has 3 aromatic heterocycles. The molecule has 0 aliphatic carbocycles. The summed E-state index contributed by atoms with van der Waals surface area (Å²) in [5, 5.41) is 6.73. The Morgan fingerprint density at radius 1 is 1.28 bits per heavy atom. The van der Waals surface area contributed by atoms with E-state index in [1.165, 1.54) is 23.6 Å². The van der Waals surface area contributed by atoms with Gasteiger partial charge in [-0.2, -0.15) is 0 Å². The number of pyridine rings is 1. The van der Waals surface area contributed by atoms with Crippen molar-refractivity contribution in [3.05, 3.63) is 47.1 Å². The molecule has 0 aliphatic heterocycles. The molecule has 0 aromatic carbocycles. The van der Waals surface area contributed by atoms with Gasteiger partial charge in [-0.1, -0.05) is 0 Å². The minimum atomic E-state index is -0.836. The van der Waals surface area contributed by atoms with Crippen molar-refractivity contribution in [1.29, 1.82) is 0 Å². The predicted octanol–water partition coefficient (Wildman–Crippen LogP) is 2.76. The van der Waals surface area contributed by atoms with Crippen LogP contribution in [-0.2, 0) is 4.74 Å². The molecule has 25 heavy (non-hydrogen) atoms. The van der Waals surface area contributed by atoms with Crippen molar-refractivity contribution in [1.82, 2.24) is 15.3 Å². The number of nitrogens with zero attached hydrogens (tertiary/aromatic N) is 1. The molecule has 0 saturated heterocycles. The van der Waals surface area contributed by atoms with Crippen LogP contribution in [0.1, 0.15) is 27.6 Å². The van der Waals surface area contributed by atoms with E-state index in [0.717, 1.165) is 11.0 Å². The average molecular weight is 358 g/mol. The molecule has 3 aromatic rings. The second-order valence-electron chi connectivity index (χ2n) is 4.93. The molecule has 0 atom stereocenters. The van der Waals surface area contributed by atoms with Gasteiger partial charge in [0.2, 0.25) is 0 Å². The van der Waals surface area contributed by atoms with E-state index < -0.39 is 17.9 Å². The monoisotopic (exact) mass is 358 g/mol. The van der Waals surface area contributed by atoms with Crippen LogP contribution in [-0.4, -0.2) is 34.5 Å². The lowest BCUT2D eigenvalue weighted by Gasteiger charge is -2.07. The number of hydrogen-bond donors (Lipinski definition) is 3. The molecule has 0 radical (unpaired) electrons. The zero-order valence-electron chi connectivity index (χ0n) is 13.2. The third-order valence-corrected chi connectivity index (χ3v) is 4.12. The summed E-state index contributed by atoms with van der Waals surface area (Å²) >= 11 is 1.17. The van der Waals surface area contributed by atoms with Crippen LogP contribution >= 0.6 is 11.3 Å². The second kappa shape index (κ2) is 7.14. The molecule has 3 rings (SSSR count). The number of thiophene rings is 1. The van der Waals surface area contributed by atoms with E-state index in [1.807, 2.05) is 0 Å². The van der Waals surface area contributed by atoms with Crippen molar-refractivity contribution in [3.8, 4) is 0 Å². The van der Waals surface area contributed by atoms with Crippen LogP contribution in [0.5, 0.6) is 0 Å². The molecule has 0 aliphatic rings. The quantitative estimate of drug-likeness (QED) is 0.664. The topological polar surface area (TPSA) is 113 Å². The van der Waals surface area contributed by atoms with Gasteiger partial charge in [-0.3, -0.25) is 19.9 Å². The highest BCUT2D eigenvalue weighted by Crippen LogP contribution is 2.24. The van der Waals surface area contributed by atoms with Crippen LogP contribution in [0.2, 0.25) is 0 Å². The fourth-order valence-corrected chi connectivity index (χ4v) is 2.93. The number of hydrogen-bond acceptors (Lipinski definition) is 6. The Bertz CT molecular complexity index is 946. The number of fused-ring (bicyclic) bond motifs is 1. The summed E-state index contributed by atoms with van der Waals surface area (Å²) in [6, 6.07) is 4.99. The molecule has 3 N–H and O–H groups in total. The van der Waals surface area contributed by atoms with Gasteiger partial charge in [0.1, 0.15) is 5.00 Å². The summed E-state index contributed by atoms with van der Waals surface area (Å²) in [4.78, 5) is 43.0. The molecule has 0 spiro atoms. The minimum Gasteiger partial charge on any atom is -0.450 e. The predicted molar refractivity (Wildman–Crippen MR) is 92.9 cm³/mol. The lowest BCUT2D eigenvalue weighted by Crippen LogP contribution is -2.31. The van der Waals surface area contributed by atoms with Gasteiger partial charge in [0.15, 0.2) is 0 Å². The summed E-state index contributed by atoms with van der Waals surface area (Å²) in [5.74, 6) is -1.05. The number of aromatic nitrogens is 2. The van der Waals surface area contributed by atoms with E-state index in [-0.39, 0.29) is 12.2 Å². The van der Waals surface area contributed by atoms with Gasteiger partial charge in [0.05, 0.1) is 28.8 Å². The fourth-order valence-electron chi connectivity index (χ4n) is 2.15. The molecule has 0 unspecified atom stereocenters. The average Bonchev–Trinajstić information content (AvgIpc) is 3.22. The van der Waals surface area contributed by atoms with Gasteiger partial charge in [-0.15, -0.1) is 11.3 Å². The first-order chi connectivity index (χ1) is 12.1. The van der Waals surface area contributed by atoms with E-state index in [4.69, 9.17) is 0 Å². The smallest absolute Gasteiger partial charge is 0.414 e. The standard InChI is InChI=1S/C16H14N4O4S/c1-2-24-16(23)20-14(22)10-4-6-25-15(10)19-13(21)9-7-12-11(18-8-9)3-5-17-12/h3-8,17H,2H2,1H3,(H,19,21)(H,20,22,23). The third-order valence-electron chi connectivity index (χ3n) is 3.29. The number of carbonyl (C=O) groups excluding carboxylic acids is 3. The Balaban J connectivity index is 1.74.